The minimum absolute atomic E-state index is 0.139. The van der Waals surface area contributed by atoms with E-state index in [1.54, 1.807) is 0 Å². The molecular weight excluding hydrogens is 245 g/mol. The first-order chi connectivity index (χ1) is 9.10. The van der Waals surface area contributed by atoms with Gasteiger partial charge in [-0.15, -0.1) is 0 Å². The fourth-order valence-corrected chi connectivity index (χ4v) is 2.75. The van der Waals surface area contributed by atoms with Gasteiger partial charge in [0.1, 0.15) is 11.6 Å². The molecule has 1 saturated carbocycles. The second-order valence-electron chi connectivity index (χ2n) is 5.27. The molecule has 2 N–H and O–H groups in total. The van der Waals surface area contributed by atoms with E-state index in [1.807, 2.05) is 0 Å². The molecule has 0 heterocycles. The summed E-state index contributed by atoms with van der Waals surface area (Å²) in [5.41, 5.74) is 0.139. The second kappa shape index (κ2) is 6.04. The Morgan fingerprint density at radius 3 is 2.95 bits per heavy atom. The molecule has 19 heavy (non-hydrogen) atoms. The summed E-state index contributed by atoms with van der Waals surface area (Å²) in [6.07, 6.45) is 5.45. The summed E-state index contributed by atoms with van der Waals surface area (Å²) in [4.78, 5) is 12.0. The van der Waals surface area contributed by atoms with E-state index in [9.17, 15) is 14.3 Å². The summed E-state index contributed by atoms with van der Waals surface area (Å²) in [5, 5.41) is 12.5. The van der Waals surface area contributed by atoms with Crippen LogP contribution in [0.1, 0.15) is 49.4 Å². The van der Waals surface area contributed by atoms with Crippen LogP contribution in [-0.2, 0) is 0 Å². The van der Waals surface area contributed by atoms with Crippen LogP contribution in [0.25, 0.3) is 0 Å². The number of aromatic hydroxyl groups is 1. The van der Waals surface area contributed by atoms with E-state index in [-0.39, 0.29) is 23.3 Å². The fourth-order valence-electron chi connectivity index (χ4n) is 2.75. The maximum absolute atomic E-state index is 12.9. The number of phenols is 1. The number of amides is 1. The number of carbonyl (C=O) groups excluding carboxylic acids is 1. The van der Waals surface area contributed by atoms with E-state index >= 15 is 0 Å². The van der Waals surface area contributed by atoms with Crippen molar-refractivity contribution in [2.45, 2.75) is 45.1 Å². The van der Waals surface area contributed by atoms with E-state index in [2.05, 4.69) is 12.2 Å². The molecule has 3 nitrogen and oxygen atoms in total. The maximum atomic E-state index is 12.9. The predicted octanol–water partition coefficient (Wildman–Crippen LogP) is 3.23. The molecule has 0 radical (unpaired) electrons. The Labute approximate surface area is 112 Å². The quantitative estimate of drug-likeness (QED) is 0.881. The highest BCUT2D eigenvalue weighted by molar-refractivity contribution is 5.96. The van der Waals surface area contributed by atoms with Crippen LogP contribution in [0.3, 0.4) is 0 Å². The van der Waals surface area contributed by atoms with Crippen molar-refractivity contribution in [3.8, 4) is 5.75 Å². The molecule has 2 unspecified atom stereocenters. The molecule has 0 aromatic heterocycles. The summed E-state index contributed by atoms with van der Waals surface area (Å²) >= 11 is 0. The summed E-state index contributed by atoms with van der Waals surface area (Å²) in [7, 11) is 0. The van der Waals surface area contributed by atoms with E-state index in [4.69, 9.17) is 0 Å². The van der Waals surface area contributed by atoms with Gasteiger partial charge >= 0.3 is 0 Å². The van der Waals surface area contributed by atoms with Gasteiger partial charge in [-0.05, 0) is 30.9 Å². The lowest BCUT2D eigenvalue weighted by Crippen LogP contribution is -2.38. The topological polar surface area (TPSA) is 49.3 Å². The van der Waals surface area contributed by atoms with Gasteiger partial charge in [-0.1, -0.05) is 26.2 Å². The van der Waals surface area contributed by atoms with Gasteiger partial charge in [0, 0.05) is 12.1 Å². The van der Waals surface area contributed by atoms with Gasteiger partial charge in [0.15, 0.2) is 0 Å². The summed E-state index contributed by atoms with van der Waals surface area (Å²) in [6.45, 7) is 2.17. The normalized spacial score (nSPS) is 23.1. The van der Waals surface area contributed by atoms with Crippen LogP contribution in [-0.4, -0.2) is 17.1 Å². The van der Waals surface area contributed by atoms with Gasteiger partial charge in [-0.3, -0.25) is 4.79 Å². The molecular formula is C15H20FNO2. The van der Waals surface area contributed by atoms with Crippen LogP contribution in [0.2, 0.25) is 0 Å². The minimum atomic E-state index is -0.544. The third-order valence-corrected chi connectivity index (χ3v) is 3.90. The number of carbonyl (C=O) groups is 1. The van der Waals surface area contributed by atoms with Crippen LogP contribution in [0, 0.1) is 11.7 Å². The third-order valence-electron chi connectivity index (χ3n) is 3.90. The second-order valence-corrected chi connectivity index (χ2v) is 5.27. The van der Waals surface area contributed by atoms with Crippen molar-refractivity contribution < 1.29 is 14.3 Å². The van der Waals surface area contributed by atoms with Gasteiger partial charge in [0.05, 0.1) is 5.56 Å². The molecule has 1 aromatic carbocycles. The Hall–Kier alpha value is -1.58. The van der Waals surface area contributed by atoms with Crippen LogP contribution in [0.5, 0.6) is 5.75 Å². The summed E-state index contributed by atoms with van der Waals surface area (Å²) in [5.74, 6) is -0.502. The first-order valence-electron chi connectivity index (χ1n) is 6.89. The van der Waals surface area contributed by atoms with E-state index in [0.29, 0.717) is 5.92 Å². The van der Waals surface area contributed by atoms with Crippen molar-refractivity contribution in [1.29, 1.82) is 0 Å². The average Bonchev–Trinajstić information content (AvgIpc) is 2.38. The molecule has 1 amide bonds. The van der Waals surface area contributed by atoms with Crippen molar-refractivity contribution in [1.82, 2.24) is 5.32 Å². The third kappa shape index (κ3) is 3.46. The number of hydrogen-bond acceptors (Lipinski definition) is 2. The molecule has 1 fully saturated rings. The van der Waals surface area contributed by atoms with Crippen LogP contribution < -0.4 is 5.32 Å². The number of hydrogen-bond donors (Lipinski definition) is 2. The zero-order chi connectivity index (χ0) is 13.8. The highest BCUT2D eigenvalue weighted by Gasteiger charge is 2.23. The average molecular weight is 265 g/mol. The first kappa shape index (κ1) is 13.8. The highest BCUT2D eigenvalue weighted by atomic mass is 19.1. The fraction of sp³-hybridized carbons (Fsp3) is 0.533. The molecule has 1 aliphatic rings. The monoisotopic (exact) mass is 265 g/mol. The Morgan fingerprint density at radius 1 is 1.47 bits per heavy atom. The van der Waals surface area contributed by atoms with Gasteiger partial charge < -0.3 is 10.4 Å². The molecule has 0 spiro atoms. The SMILES string of the molecule is CCC1CCCC(NC(=O)c2ccc(F)cc2O)C1. The Balaban J connectivity index is 2.00. The lowest BCUT2D eigenvalue weighted by molar-refractivity contribution is 0.0916. The van der Waals surface area contributed by atoms with E-state index in [0.717, 1.165) is 31.7 Å². The lowest BCUT2D eigenvalue weighted by atomic mass is 9.84. The van der Waals surface area contributed by atoms with E-state index in [1.165, 1.54) is 18.6 Å². The largest absolute Gasteiger partial charge is 0.507 e. The number of rotatable bonds is 3. The Morgan fingerprint density at radius 2 is 2.26 bits per heavy atom. The van der Waals surface area contributed by atoms with Crippen molar-refractivity contribution in [2.75, 3.05) is 0 Å². The molecule has 0 bridgehead atoms. The van der Waals surface area contributed by atoms with Crippen molar-refractivity contribution >= 4 is 5.91 Å². The number of phenolic OH excluding ortho intramolecular Hbond substituents is 1. The van der Waals surface area contributed by atoms with Gasteiger partial charge in [0.2, 0.25) is 0 Å². The molecule has 0 aliphatic heterocycles. The van der Waals surface area contributed by atoms with Gasteiger partial charge in [-0.25, -0.2) is 4.39 Å². The van der Waals surface area contributed by atoms with Crippen molar-refractivity contribution in [2.24, 2.45) is 5.92 Å². The van der Waals surface area contributed by atoms with Crippen LogP contribution in [0.15, 0.2) is 18.2 Å². The molecule has 0 saturated heterocycles. The van der Waals surface area contributed by atoms with Crippen LogP contribution in [0.4, 0.5) is 4.39 Å². The predicted molar refractivity (Wildman–Crippen MR) is 71.6 cm³/mol. The zero-order valence-corrected chi connectivity index (χ0v) is 11.2. The first-order valence-corrected chi connectivity index (χ1v) is 6.89. The zero-order valence-electron chi connectivity index (χ0n) is 11.2. The number of benzene rings is 1. The maximum Gasteiger partial charge on any atom is 0.255 e. The van der Waals surface area contributed by atoms with Crippen LogP contribution >= 0.6 is 0 Å². The van der Waals surface area contributed by atoms with Gasteiger partial charge in [0.25, 0.3) is 5.91 Å². The Bertz CT molecular complexity index is 461. The van der Waals surface area contributed by atoms with Crippen molar-refractivity contribution in [3.05, 3.63) is 29.6 Å². The molecule has 2 atom stereocenters. The minimum Gasteiger partial charge on any atom is -0.507 e. The summed E-state index contributed by atoms with van der Waals surface area (Å²) < 4.78 is 12.9. The molecule has 1 aliphatic carbocycles. The standard InChI is InChI=1S/C15H20FNO2/c1-2-10-4-3-5-12(8-10)17-15(19)13-7-6-11(16)9-14(13)18/h6-7,9-10,12,18H,2-5,8H2,1H3,(H,17,19). The smallest absolute Gasteiger partial charge is 0.255 e. The summed E-state index contributed by atoms with van der Waals surface area (Å²) in [6, 6.07) is 3.63. The molecule has 4 heteroatoms. The van der Waals surface area contributed by atoms with Crippen molar-refractivity contribution in [3.63, 3.8) is 0 Å². The number of halogens is 1. The molecule has 2 rings (SSSR count). The van der Waals surface area contributed by atoms with Gasteiger partial charge in [-0.2, -0.15) is 0 Å². The Kier molecular flexibility index (Phi) is 4.40. The molecule has 104 valence electrons. The highest BCUT2D eigenvalue weighted by Crippen LogP contribution is 2.27. The number of nitrogens with one attached hydrogen (secondary N) is 1. The molecule has 1 aromatic rings. The van der Waals surface area contributed by atoms with E-state index < -0.39 is 5.82 Å². The lowest BCUT2D eigenvalue weighted by Gasteiger charge is -2.29.